The van der Waals surface area contributed by atoms with E-state index in [1.54, 1.807) is 18.5 Å². The van der Waals surface area contributed by atoms with Gasteiger partial charge in [0.25, 0.3) is 0 Å². The molecule has 0 radical (unpaired) electrons. The summed E-state index contributed by atoms with van der Waals surface area (Å²) in [5.74, 6) is 0.339. The van der Waals surface area contributed by atoms with E-state index in [0.717, 1.165) is 0 Å². The van der Waals surface area contributed by atoms with Gasteiger partial charge in [-0.3, -0.25) is 0 Å². The molecule has 0 amide bonds. The van der Waals surface area contributed by atoms with Gasteiger partial charge >= 0.3 is 0 Å². The Hall–Kier alpha value is -1.97. The van der Waals surface area contributed by atoms with Crippen molar-refractivity contribution < 1.29 is 22.3 Å². The van der Waals surface area contributed by atoms with Gasteiger partial charge < -0.3 is 14.0 Å². The lowest BCUT2D eigenvalue weighted by atomic mass is 10.1. The second-order valence-corrected chi connectivity index (χ2v) is 8.66. The zero-order valence-electron chi connectivity index (χ0n) is 14.9. The third kappa shape index (κ3) is 3.60. The van der Waals surface area contributed by atoms with Gasteiger partial charge in [0, 0.05) is 38.5 Å². The van der Waals surface area contributed by atoms with Crippen LogP contribution in [0.15, 0.2) is 30.6 Å². The predicted molar refractivity (Wildman–Crippen MR) is 95.0 cm³/mol. The van der Waals surface area contributed by atoms with Crippen molar-refractivity contribution in [1.82, 2.24) is 13.9 Å². The number of methoxy groups -OCH3 is 1. The number of benzene rings is 1. The molecule has 1 aromatic carbocycles. The Labute approximate surface area is 152 Å². The van der Waals surface area contributed by atoms with E-state index in [1.807, 2.05) is 4.57 Å². The lowest BCUT2D eigenvalue weighted by Gasteiger charge is -2.23. The van der Waals surface area contributed by atoms with Crippen LogP contribution in [0, 0.1) is 11.7 Å². The largest absolute Gasteiger partial charge is 0.496 e. The molecule has 0 aliphatic carbocycles. The Kier molecular flexibility index (Phi) is 5.31. The first-order chi connectivity index (χ1) is 12.3. The van der Waals surface area contributed by atoms with Crippen LogP contribution in [0.25, 0.3) is 11.4 Å². The van der Waals surface area contributed by atoms with E-state index in [2.05, 4.69) is 4.98 Å². The third-order valence-electron chi connectivity index (χ3n) is 4.58. The second-order valence-electron chi connectivity index (χ2n) is 6.43. The summed E-state index contributed by atoms with van der Waals surface area (Å²) in [4.78, 5) is 4.38. The van der Waals surface area contributed by atoms with Crippen molar-refractivity contribution in [3.63, 3.8) is 0 Å². The molecule has 0 saturated carbocycles. The SMILES string of the molecule is COc1cc(F)ccc1-c1nccn1[C@@H]1COC[C@@H]1CS(=O)(=O)N(C)C. The van der Waals surface area contributed by atoms with Gasteiger partial charge in [-0.15, -0.1) is 0 Å². The number of sulfonamides is 1. The molecule has 2 heterocycles. The standard InChI is InChI=1S/C17H22FN3O4S/c1-20(2)26(22,23)11-12-9-25-10-15(12)21-7-6-19-17(21)14-5-4-13(18)8-16(14)24-3/h4-8,12,15H,9-11H2,1-3H3/t12-,15-/m1/s1. The fraction of sp³-hybridized carbons (Fsp3) is 0.471. The van der Waals surface area contributed by atoms with E-state index in [0.29, 0.717) is 30.4 Å². The molecule has 1 aliphatic rings. The number of aromatic nitrogens is 2. The van der Waals surface area contributed by atoms with Crippen LogP contribution >= 0.6 is 0 Å². The minimum absolute atomic E-state index is 0.0111. The number of nitrogens with zero attached hydrogens (tertiary/aromatic N) is 3. The van der Waals surface area contributed by atoms with E-state index >= 15 is 0 Å². The van der Waals surface area contributed by atoms with Crippen molar-refractivity contribution in [2.75, 3.05) is 40.2 Å². The Morgan fingerprint density at radius 2 is 2.15 bits per heavy atom. The topological polar surface area (TPSA) is 73.7 Å². The van der Waals surface area contributed by atoms with E-state index < -0.39 is 15.8 Å². The maximum Gasteiger partial charge on any atom is 0.214 e. The van der Waals surface area contributed by atoms with E-state index in [9.17, 15) is 12.8 Å². The molecular formula is C17H22FN3O4S. The quantitative estimate of drug-likeness (QED) is 0.760. The van der Waals surface area contributed by atoms with E-state index in [4.69, 9.17) is 9.47 Å². The molecule has 1 aliphatic heterocycles. The van der Waals surface area contributed by atoms with Crippen molar-refractivity contribution in [3.05, 3.63) is 36.4 Å². The highest BCUT2D eigenvalue weighted by Gasteiger charge is 2.35. The molecule has 3 rings (SSSR count). The van der Waals surface area contributed by atoms with Crippen LogP contribution in [-0.2, 0) is 14.8 Å². The molecular weight excluding hydrogens is 361 g/mol. The van der Waals surface area contributed by atoms with Crippen LogP contribution in [0.3, 0.4) is 0 Å². The monoisotopic (exact) mass is 383 g/mol. The number of hydrogen-bond donors (Lipinski definition) is 0. The Morgan fingerprint density at radius 3 is 2.85 bits per heavy atom. The Morgan fingerprint density at radius 1 is 1.38 bits per heavy atom. The van der Waals surface area contributed by atoms with Crippen molar-refractivity contribution in [2.24, 2.45) is 5.92 Å². The molecule has 1 aromatic heterocycles. The molecule has 2 aromatic rings. The van der Waals surface area contributed by atoms with Crippen LogP contribution in [0.5, 0.6) is 5.75 Å². The molecule has 1 saturated heterocycles. The minimum atomic E-state index is -3.36. The maximum absolute atomic E-state index is 13.5. The zero-order chi connectivity index (χ0) is 18.9. The summed E-state index contributed by atoms with van der Waals surface area (Å²) < 4.78 is 52.0. The number of hydrogen-bond acceptors (Lipinski definition) is 5. The van der Waals surface area contributed by atoms with Gasteiger partial charge in [0.15, 0.2) is 0 Å². The van der Waals surface area contributed by atoms with Crippen molar-refractivity contribution in [3.8, 4) is 17.1 Å². The fourth-order valence-electron chi connectivity index (χ4n) is 3.11. The van der Waals surface area contributed by atoms with Crippen molar-refractivity contribution in [2.45, 2.75) is 6.04 Å². The Bertz CT molecular complexity index is 882. The number of ether oxygens (including phenoxy) is 2. The average Bonchev–Trinajstić information content (AvgIpc) is 3.22. The predicted octanol–water partition coefficient (Wildman–Crippen LogP) is 1.78. The van der Waals surface area contributed by atoms with Gasteiger partial charge in [-0.2, -0.15) is 0 Å². The molecule has 0 spiro atoms. The highest BCUT2D eigenvalue weighted by Crippen LogP contribution is 2.35. The van der Waals surface area contributed by atoms with Gasteiger partial charge in [-0.05, 0) is 12.1 Å². The summed E-state index contributed by atoms with van der Waals surface area (Å²) in [7, 11) is 1.15. The van der Waals surface area contributed by atoms with Gasteiger partial charge in [0.2, 0.25) is 10.0 Å². The summed E-state index contributed by atoms with van der Waals surface area (Å²) >= 11 is 0. The molecule has 2 atom stereocenters. The van der Waals surface area contributed by atoms with Crippen LogP contribution in [0.1, 0.15) is 6.04 Å². The summed E-state index contributed by atoms with van der Waals surface area (Å²) in [5, 5.41) is 0. The molecule has 0 unspecified atom stereocenters. The number of imidazole rings is 1. The molecule has 7 nitrogen and oxygen atoms in total. The average molecular weight is 383 g/mol. The summed E-state index contributed by atoms with van der Waals surface area (Å²) in [6.45, 7) is 0.746. The van der Waals surface area contributed by atoms with Crippen LogP contribution < -0.4 is 4.74 Å². The molecule has 142 valence electrons. The second kappa shape index (κ2) is 7.34. The van der Waals surface area contributed by atoms with Crippen LogP contribution in [0.4, 0.5) is 4.39 Å². The van der Waals surface area contributed by atoms with Crippen LogP contribution in [0.2, 0.25) is 0 Å². The van der Waals surface area contributed by atoms with Gasteiger partial charge in [0.1, 0.15) is 17.4 Å². The first-order valence-corrected chi connectivity index (χ1v) is 9.79. The fourth-order valence-corrected chi connectivity index (χ4v) is 4.27. The van der Waals surface area contributed by atoms with Crippen molar-refractivity contribution >= 4 is 10.0 Å². The summed E-state index contributed by atoms with van der Waals surface area (Å²) in [5.41, 5.74) is 0.639. The lowest BCUT2D eigenvalue weighted by molar-refractivity contribution is 0.182. The molecule has 0 N–H and O–H groups in total. The minimum Gasteiger partial charge on any atom is -0.496 e. The smallest absolute Gasteiger partial charge is 0.214 e. The van der Waals surface area contributed by atoms with Crippen molar-refractivity contribution in [1.29, 1.82) is 0 Å². The lowest BCUT2D eigenvalue weighted by Crippen LogP contribution is -2.32. The van der Waals surface area contributed by atoms with Gasteiger partial charge in [-0.25, -0.2) is 22.1 Å². The molecule has 1 fully saturated rings. The highest BCUT2D eigenvalue weighted by molar-refractivity contribution is 7.89. The molecule has 26 heavy (non-hydrogen) atoms. The first-order valence-electron chi connectivity index (χ1n) is 8.18. The number of halogens is 1. The first kappa shape index (κ1) is 18.8. The van der Waals surface area contributed by atoms with E-state index in [-0.39, 0.29) is 17.7 Å². The summed E-state index contributed by atoms with van der Waals surface area (Å²) in [6.07, 6.45) is 3.42. The van der Waals surface area contributed by atoms with Gasteiger partial charge in [-0.1, -0.05) is 0 Å². The molecule has 9 heteroatoms. The normalized spacial score (nSPS) is 20.7. The number of rotatable bonds is 6. The third-order valence-corrected chi connectivity index (χ3v) is 6.54. The highest BCUT2D eigenvalue weighted by atomic mass is 32.2. The van der Waals surface area contributed by atoms with E-state index in [1.165, 1.54) is 37.6 Å². The Balaban J connectivity index is 1.95. The maximum atomic E-state index is 13.5. The van der Waals surface area contributed by atoms with Crippen LogP contribution in [-0.4, -0.2) is 62.4 Å². The molecule has 0 bridgehead atoms. The van der Waals surface area contributed by atoms with Gasteiger partial charge in [0.05, 0.1) is 37.7 Å². The zero-order valence-corrected chi connectivity index (χ0v) is 15.7. The summed E-state index contributed by atoms with van der Waals surface area (Å²) in [6, 6.07) is 4.06.